The summed E-state index contributed by atoms with van der Waals surface area (Å²) in [4.78, 5) is 26.8. The zero-order valence-electron chi connectivity index (χ0n) is 21.0. The molecular formula is C30H27N5OS. The molecule has 37 heavy (non-hydrogen) atoms. The molecule has 7 heteroatoms. The van der Waals surface area contributed by atoms with Crippen LogP contribution in [0.4, 0.5) is 5.82 Å². The molecule has 2 aromatic heterocycles. The van der Waals surface area contributed by atoms with Crippen LogP contribution < -0.4 is 4.90 Å². The molecule has 0 N–H and O–H groups in total. The molecule has 2 aliphatic rings. The van der Waals surface area contributed by atoms with Gasteiger partial charge in [0.1, 0.15) is 17.5 Å². The standard InChI is InChI=1S/C30H27N5OS/c1-4-26(36)35-16-30(17-35)11-12-34(15-30)29-24(14-31)27(22-8-6-5-7-19(22)2)23-10-9-21(13-25(23)33-29)28-20(3)32-18-37-28/h4-10,13,18H,1,11-12,15-17H2,2-3H3. The number of thiazole rings is 1. The van der Waals surface area contributed by atoms with Gasteiger partial charge < -0.3 is 9.80 Å². The minimum absolute atomic E-state index is 0.0154. The number of benzene rings is 2. The summed E-state index contributed by atoms with van der Waals surface area (Å²) >= 11 is 1.63. The van der Waals surface area contributed by atoms with Gasteiger partial charge in [-0.05, 0) is 49.1 Å². The minimum atomic E-state index is -0.0154. The summed E-state index contributed by atoms with van der Waals surface area (Å²) in [7, 11) is 0. The predicted octanol–water partition coefficient (Wildman–Crippen LogP) is 5.74. The molecule has 2 fully saturated rings. The molecule has 0 saturated carbocycles. The molecule has 2 saturated heterocycles. The van der Waals surface area contributed by atoms with Gasteiger partial charge in [-0.1, -0.05) is 43.0 Å². The Labute approximate surface area is 220 Å². The highest BCUT2D eigenvalue weighted by Crippen LogP contribution is 2.44. The fraction of sp³-hybridized carbons (Fsp3) is 0.267. The third-order valence-corrected chi connectivity index (χ3v) is 8.76. The fourth-order valence-electron chi connectivity index (χ4n) is 5.86. The van der Waals surface area contributed by atoms with Crippen molar-refractivity contribution in [1.82, 2.24) is 14.9 Å². The van der Waals surface area contributed by atoms with E-state index in [-0.39, 0.29) is 11.3 Å². The Bertz CT molecular complexity index is 1610. The molecule has 4 heterocycles. The van der Waals surface area contributed by atoms with Gasteiger partial charge in [0, 0.05) is 42.5 Å². The maximum Gasteiger partial charge on any atom is 0.245 e. The average Bonchev–Trinajstić information content (AvgIpc) is 3.53. The minimum Gasteiger partial charge on any atom is -0.355 e. The molecule has 0 radical (unpaired) electrons. The maximum atomic E-state index is 12.1. The number of carbonyl (C=O) groups excluding carboxylic acids is 1. The van der Waals surface area contributed by atoms with Crippen LogP contribution in [0.25, 0.3) is 32.5 Å². The van der Waals surface area contributed by atoms with Gasteiger partial charge >= 0.3 is 0 Å². The topological polar surface area (TPSA) is 73.1 Å². The van der Waals surface area contributed by atoms with Crippen molar-refractivity contribution in [2.45, 2.75) is 20.3 Å². The first-order valence-electron chi connectivity index (χ1n) is 12.4. The van der Waals surface area contributed by atoms with Gasteiger partial charge in [0.15, 0.2) is 0 Å². The Hall–Kier alpha value is -4.02. The van der Waals surface area contributed by atoms with Crippen molar-refractivity contribution in [3.8, 4) is 27.6 Å². The lowest BCUT2D eigenvalue weighted by Crippen LogP contribution is -2.59. The van der Waals surface area contributed by atoms with Crippen LogP contribution in [0.3, 0.4) is 0 Å². The predicted molar refractivity (Wildman–Crippen MR) is 149 cm³/mol. The molecular weight excluding hydrogens is 478 g/mol. The third kappa shape index (κ3) is 3.80. The number of nitriles is 1. The van der Waals surface area contributed by atoms with Gasteiger partial charge in [-0.15, -0.1) is 11.3 Å². The fourth-order valence-corrected chi connectivity index (χ4v) is 6.67. The highest BCUT2D eigenvalue weighted by Gasteiger charge is 2.49. The molecule has 0 aliphatic carbocycles. The van der Waals surface area contributed by atoms with E-state index in [9.17, 15) is 10.1 Å². The lowest BCUT2D eigenvalue weighted by Gasteiger charge is -2.47. The number of rotatable bonds is 4. The first-order valence-corrected chi connectivity index (χ1v) is 13.3. The van der Waals surface area contributed by atoms with Crippen LogP contribution in [-0.4, -0.2) is 47.0 Å². The number of pyridine rings is 1. The van der Waals surface area contributed by atoms with Crippen molar-refractivity contribution in [2.75, 3.05) is 31.1 Å². The highest BCUT2D eigenvalue weighted by molar-refractivity contribution is 7.13. The molecule has 2 aliphatic heterocycles. The number of aryl methyl sites for hydroxylation is 2. The van der Waals surface area contributed by atoms with Gasteiger partial charge in [0.25, 0.3) is 0 Å². The summed E-state index contributed by atoms with van der Waals surface area (Å²) in [5.41, 5.74) is 8.59. The van der Waals surface area contributed by atoms with Crippen molar-refractivity contribution in [3.05, 3.63) is 77.5 Å². The smallest absolute Gasteiger partial charge is 0.245 e. The first kappa shape index (κ1) is 23.4. The van der Waals surface area contributed by atoms with Crippen LogP contribution in [0.2, 0.25) is 0 Å². The summed E-state index contributed by atoms with van der Waals surface area (Å²) in [6.07, 6.45) is 2.35. The number of aromatic nitrogens is 2. The normalized spacial score (nSPS) is 16.1. The number of likely N-dealkylation sites (tertiary alicyclic amines) is 1. The van der Waals surface area contributed by atoms with Gasteiger partial charge in [0.2, 0.25) is 5.91 Å². The van der Waals surface area contributed by atoms with Crippen LogP contribution in [-0.2, 0) is 4.79 Å². The van der Waals surface area contributed by atoms with E-state index in [4.69, 9.17) is 4.98 Å². The van der Waals surface area contributed by atoms with Crippen LogP contribution in [0.5, 0.6) is 0 Å². The van der Waals surface area contributed by atoms with E-state index in [0.717, 1.165) is 82.1 Å². The Kier molecular flexibility index (Phi) is 5.58. The number of amides is 1. The molecule has 4 aromatic rings. The highest BCUT2D eigenvalue weighted by atomic mass is 32.1. The summed E-state index contributed by atoms with van der Waals surface area (Å²) in [5, 5.41) is 11.4. The molecule has 0 bridgehead atoms. The van der Waals surface area contributed by atoms with Crippen LogP contribution >= 0.6 is 11.3 Å². The second-order valence-electron chi connectivity index (χ2n) is 10.2. The Morgan fingerprint density at radius 2 is 2.00 bits per heavy atom. The van der Waals surface area contributed by atoms with E-state index in [1.54, 1.807) is 11.3 Å². The molecule has 184 valence electrons. The Morgan fingerprint density at radius 3 is 2.70 bits per heavy atom. The van der Waals surface area contributed by atoms with E-state index in [2.05, 4.69) is 59.8 Å². The van der Waals surface area contributed by atoms with Crippen molar-refractivity contribution >= 4 is 34.0 Å². The van der Waals surface area contributed by atoms with Gasteiger partial charge in [-0.2, -0.15) is 5.26 Å². The van der Waals surface area contributed by atoms with E-state index < -0.39 is 0 Å². The van der Waals surface area contributed by atoms with E-state index >= 15 is 0 Å². The van der Waals surface area contributed by atoms with Crippen molar-refractivity contribution in [3.63, 3.8) is 0 Å². The van der Waals surface area contributed by atoms with Crippen molar-refractivity contribution in [1.29, 1.82) is 5.26 Å². The largest absolute Gasteiger partial charge is 0.355 e. The number of hydrogen-bond acceptors (Lipinski definition) is 6. The lowest BCUT2D eigenvalue weighted by molar-refractivity contribution is -0.136. The zero-order chi connectivity index (χ0) is 25.7. The first-order chi connectivity index (χ1) is 17.9. The SMILES string of the molecule is C=CC(=O)N1CC2(CCN(c3nc4cc(-c5scnc5C)ccc4c(-c4ccccc4C)c3C#N)C2)C1. The van der Waals surface area contributed by atoms with Crippen LogP contribution in [0.15, 0.2) is 60.6 Å². The quantitative estimate of drug-likeness (QED) is 0.331. The lowest BCUT2D eigenvalue weighted by atomic mass is 9.79. The van der Waals surface area contributed by atoms with Crippen molar-refractivity contribution in [2.24, 2.45) is 5.41 Å². The molecule has 0 unspecified atom stereocenters. The molecule has 1 amide bonds. The number of carbonyl (C=O) groups is 1. The average molecular weight is 506 g/mol. The second-order valence-corrected chi connectivity index (χ2v) is 11.0. The second kappa shape index (κ2) is 8.82. The van der Waals surface area contributed by atoms with Gasteiger partial charge in [-0.3, -0.25) is 4.79 Å². The number of anilines is 1. The van der Waals surface area contributed by atoms with Crippen LogP contribution in [0, 0.1) is 30.6 Å². The summed E-state index contributed by atoms with van der Waals surface area (Å²) in [5.74, 6) is 0.718. The summed E-state index contributed by atoms with van der Waals surface area (Å²) in [6, 6.07) is 17.1. The van der Waals surface area contributed by atoms with E-state index in [1.807, 2.05) is 29.5 Å². The summed E-state index contributed by atoms with van der Waals surface area (Å²) in [6.45, 7) is 10.8. The van der Waals surface area contributed by atoms with Gasteiger partial charge in [0.05, 0.1) is 21.6 Å². The number of nitrogens with zero attached hydrogens (tertiary/aromatic N) is 5. The Morgan fingerprint density at radius 1 is 1.19 bits per heavy atom. The van der Waals surface area contributed by atoms with Crippen molar-refractivity contribution < 1.29 is 4.79 Å². The maximum absolute atomic E-state index is 12.1. The summed E-state index contributed by atoms with van der Waals surface area (Å²) < 4.78 is 0. The molecule has 1 spiro atoms. The Balaban J connectivity index is 1.50. The van der Waals surface area contributed by atoms with Crippen LogP contribution in [0.1, 0.15) is 23.2 Å². The molecule has 2 aromatic carbocycles. The molecule has 6 rings (SSSR count). The monoisotopic (exact) mass is 505 g/mol. The van der Waals surface area contributed by atoms with E-state index in [0.29, 0.717) is 5.56 Å². The van der Waals surface area contributed by atoms with Gasteiger partial charge in [-0.25, -0.2) is 9.97 Å². The number of hydrogen-bond donors (Lipinski definition) is 0. The zero-order valence-corrected chi connectivity index (χ0v) is 21.8. The third-order valence-electron chi connectivity index (χ3n) is 7.78. The number of fused-ring (bicyclic) bond motifs is 1. The molecule has 0 atom stereocenters. The molecule has 6 nitrogen and oxygen atoms in total. The van der Waals surface area contributed by atoms with E-state index in [1.165, 1.54) is 6.08 Å².